The van der Waals surface area contributed by atoms with Crippen LogP contribution in [0.1, 0.15) is 42.8 Å². The average Bonchev–Trinajstić information content (AvgIpc) is 2.53. The van der Waals surface area contributed by atoms with Gasteiger partial charge in [0.1, 0.15) is 0 Å². The summed E-state index contributed by atoms with van der Waals surface area (Å²) in [7, 11) is 3.75. The zero-order chi connectivity index (χ0) is 12.8. The molecule has 1 N–H and O–H groups in total. The summed E-state index contributed by atoms with van der Waals surface area (Å²) in [5.74, 6) is 0. The van der Waals surface area contributed by atoms with Crippen molar-refractivity contribution < 1.29 is 4.74 Å². The van der Waals surface area contributed by atoms with Crippen molar-refractivity contribution in [1.29, 1.82) is 0 Å². The van der Waals surface area contributed by atoms with E-state index in [4.69, 9.17) is 4.74 Å². The Kier molecular flexibility index (Phi) is 5.65. The summed E-state index contributed by atoms with van der Waals surface area (Å²) < 4.78 is 6.99. The van der Waals surface area contributed by atoms with Crippen LogP contribution in [0.5, 0.6) is 0 Å². The van der Waals surface area contributed by atoms with Gasteiger partial charge in [-0.05, 0) is 40.2 Å². The van der Waals surface area contributed by atoms with Crippen LogP contribution in [-0.2, 0) is 11.8 Å². The first-order chi connectivity index (χ1) is 8.07. The van der Waals surface area contributed by atoms with E-state index in [0.717, 1.165) is 31.7 Å². The van der Waals surface area contributed by atoms with E-state index in [1.54, 1.807) is 7.11 Å². The zero-order valence-corrected chi connectivity index (χ0v) is 11.7. The molecule has 0 fully saturated rings. The van der Waals surface area contributed by atoms with Crippen LogP contribution in [0.2, 0.25) is 0 Å². The molecule has 1 heterocycles. The van der Waals surface area contributed by atoms with Crippen molar-refractivity contribution in [2.24, 2.45) is 7.05 Å². The number of aryl methyl sites for hydroxylation is 2. The minimum atomic E-state index is 0.367. The van der Waals surface area contributed by atoms with Crippen LogP contribution in [0.25, 0.3) is 0 Å². The summed E-state index contributed by atoms with van der Waals surface area (Å²) in [5.41, 5.74) is 3.71. The van der Waals surface area contributed by atoms with Crippen molar-refractivity contribution in [3.05, 3.63) is 17.0 Å². The molecule has 0 aliphatic rings. The fourth-order valence-electron chi connectivity index (χ4n) is 2.21. The molecule has 1 aromatic heterocycles. The number of methoxy groups -OCH3 is 1. The molecule has 1 atom stereocenters. The first-order valence-electron chi connectivity index (χ1n) is 6.30. The number of aromatic nitrogens is 2. The number of nitrogens with one attached hydrogen (secondary N) is 1. The average molecular weight is 239 g/mol. The van der Waals surface area contributed by atoms with Crippen molar-refractivity contribution in [3.8, 4) is 0 Å². The zero-order valence-electron chi connectivity index (χ0n) is 11.7. The van der Waals surface area contributed by atoms with E-state index in [-0.39, 0.29) is 0 Å². The maximum absolute atomic E-state index is 5.03. The van der Waals surface area contributed by atoms with Gasteiger partial charge in [0.05, 0.1) is 5.69 Å². The molecule has 1 unspecified atom stereocenters. The van der Waals surface area contributed by atoms with Gasteiger partial charge in [-0.25, -0.2) is 0 Å². The molecule has 0 spiro atoms. The van der Waals surface area contributed by atoms with Crippen molar-refractivity contribution >= 4 is 0 Å². The minimum Gasteiger partial charge on any atom is -0.385 e. The quantitative estimate of drug-likeness (QED) is 0.741. The molecule has 1 rings (SSSR count). The maximum atomic E-state index is 5.03. The molecular formula is C13H25N3O. The Hall–Kier alpha value is -0.870. The SMILES string of the molecule is COCCCCNC(C)c1c(C)nn(C)c1C. The monoisotopic (exact) mass is 239 g/mol. The van der Waals surface area contributed by atoms with Gasteiger partial charge in [-0.15, -0.1) is 0 Å². The third-order valence-electron chi connectivity index (χ3n) is 3.22. The highest BCUT2D eigenvalue weighted by molar-refractivity contribution is 5.27. The van der Waals surface area contributed by atoms with E-state index >= 15 is 0 Å². The lowest BCUT2D eigenvalue weighted by atomic mass is 10.1. The maximum Gasteiger partial charge on any atom is 0.0644 e. The van der Waals surface area contributed by atoms with Gasteiger partial charge in [0.25, 0.3) is 0 Å². The minimum absolute atomic E-state index is 0.367. The molecule has 0 aromatic carbocycles. The third kappa shape index (κ3) is 3.82. The number of ether oxygens (including phenoxy) is 1. The molecule has 1 aromatic rings. The molecule has 0 bridgehead atoms. The van der Waals surface area contributed by atoms with Crippen LogP contribution in [-0.4, -0.2) is 30.0 Å². The summed E-state index contributed by atoms with van der Waals surface area (Å²) in [4.78, 5) is 0. The molecule has 0 aliphatic heterocycles. The van der Waals surface area contributed by atoms with E-state index < -0.39 is 0 Å². The first kappa shape index (κ1) is 14.2. The predicted octanol–water partition coefficient (Wildman–Crippen LogP) is 2.11. The van der Waals surface area contributed by atoms with Gasteiger partial charge in [-0.2, -0.15) is 5.10 Å². The molecule has 0 saturated carbocycles. The fourth-order valence-corrected chi connectivity index (χ4v) is 2.21. The fraction of sp³-hybridized carbons (Fsp3) is 0.769. The van der Waals surface area contributed by atoms with Crippen LogP contribution in [0.15, 0.2) is 0 Å². The Morgan fingerprint density at radius 3 is 2.59 bits per heavy atom. The van der Waals surface area contributed by atoms with Crippen molar-refractivity contribution in [2.75, 3.05) is 20.3 Å². The van der Waals surface area contributed by atoms with Crippen LogP contribution in [0, 0.1) is 13.8 Å². The van der Waals surface area contributed by atoms with E-state index in [1.165, 1.54) is 11.3 Å². The second kappa shape index (κ2) is 6.77. The summed E-state index contributed by atoms with van der Waals surface area (Å²) in [6.45, 7) is 8.27. The van der Waals surface area contributed by atoms with Crippen LogP contribution in [0.4, 0.5) is 0 Å². The van der Waals surface area contributed by atoms with E-state index in [2.05, 4.69) is 31.2 Å². The number of nitrogens with zero attached hydrogens (tertiary/aromatic N) is 2. The summed E-state index contributed by atoms with van der Waals surface area (Å²) >= 11 is 0. The van der Waals surface area contributed by atoms with Crippen molar-refractivity contribution in [2.45, 2.75) is 39.7 Å². The highest BCUT2D eigenvalue weighted by Crippen LogP contribution is 2.20. The van der Waals surface area contributed by atoms with E-state index in [9.17, 15) is 0 Å². The van der Waals surface area contributed by atoms with Gasteiger partial charge in [0, 0.05) is 38.1 Å². The smallest absolute Gasteiger partial charge is 0.0644 e. The lowest BCUT2D eigenvalue weighted by Crippen LogP contribution is -2.21. The molecule has 0 aliphatic carbocycles. The topological polar surface area (TPSA) is 39.1 Å². The second-order valence-electron chi connectivity index (χ2n) is 4.58. The van der Waals surface area contributed by atoms with Gasteiger partial charge < -0.3 is 10.1 Å². The molecule has 0 saturated heterocycles. The highest BCUT2D eigenvalue weighted by Gasteiger charge is 2.15. The van der Waals surface area contributed by atoms with E-state index in [0.29, 0.717) is 6.04 Å². The predicted molar refractivity (Wildman–Crippen MR) is 70.2 cm³/mol. The first-order valence-corrected chi connectivity index (χ1v) is 6.30. The standard InChI is InChI=1S/C13H25N3O/c1-10(14-8-6-7-9-17-5)13-11(2)15-16(4)12(13)3/h10,14H,6-9H2,1-5H3. The Morgan fingerprint density at radius 1 is 1.35 bits per heavy atom. The van der Waals surface area contributed by atoms with Crippen LogP contribution < -0.4 is 5.32 Å². The molecule has 17 heavy (non-hydrogen) atoms. The van der Waals surface area contributed by atoms with E-state index in [1.807, 2.05) is 11.7 Å². The number of rotatable bonds is 7. The number of unbranched alkanes of at least 4 members (excludes halogenated alkanes) is 1. The highest BCUT2D eigenvalue weighted by atomic mass is 16.5. The van der Waals surface area contributed by atoms with Gasteiger partial charge in [-0.3, -0.25) is 4.68 Å². The number of hydrogen-bond donors (Lipinski definition) is 1. The van der Waals surface area contributed by atoms with Gasteiger partial charge in [0.15, 0.2) is 0 Å². The van der Waals surface area contributed by atoms with Crippen molar-refractivity contribution in [1.82, 2.24) is 15.1 Å². The number of hydrogen-bond acceptors (Lipinski definition) is 3. The summed E-state index contributed by atoms with van der Waals surface area (Å²) in [6, 6.07) is 0.367. The molecule has 4 nitrogen and oxygen atoms in total. The van der Waals surface area contributed by atoms with Crippen LogP contribution >= 0.6 is 0 Å². The third-order valence-corrected chi connectivity index (χ3v) is 3.22. The molecule has 0 radical (unpaired) electrons. The molecular weight excluding hydrogens is 214 g/mol. The Balaban J connectivity index is 2.44. The Bertz CT molecular complexity index is 347. The lowest BCUT2D eigenvalue weighted by Gasteiger charge is -2.14. The summed E-state index contributed by atoms with van der Waals surface area (Å²) in [6.07, 6.45) is 2.26. The largest absolute Gasteiger partial charge is 0.385 e. The van der Waals surface area contributed by atoms with Crippen molar-refractivity contribution in [3.63, 3.8) is 0 Å². The Morgan fingerprint density at radius 2 is 2.06 bits per heavy atom. The van der Waals surface area contributed by atoms with Gasteiger partial charge in [-0.1, -0.05) is 0 Å². The molecule has 98 valence electrons. The lowest BCUT2D eigenvalue weighted by molar-refractivity contribution is 0.192. The van der Waals surface area contributed by atoms with Crippen LogP contribution in [0.3, 0.4) is 0 Å². The molecule has 4 heteroatoms. The van der Waals surface area contributed by atoms with Gasteiger partial charge >= 0.3 is 0 Å². The normalized spacial score (nSPS) is 13.0. The Labute approximate surface area is 104 Å². The summed E-state index contributed by atoms with van der Waals surface area (Å²) in [5, 5.41) is 7.99. The second-order valence-corrected chi connectivity index (χ2v) is 4.58. The van der Waals surface area contributed by atoms with Gasteiger partial charge in [0.2, 0.25) is 0 Å². The molecule has 0 amide bonds.